The van der Waals surface area contributed by atoms with Gasteiger partial charge in [0.25, 0.3) is 5.91 Å². The lowest BCUT2D eigenvalue weighted by atomic mass is 10.2. The fourth-order valence-corrected chi connectivity index (χ4v) is 2.87. The van der Waals surface area contributed by atoms with Crippen molar-refractivity contribution < 1.29 is 29.3 Å². The Morgan fingerprint density at radius 1 is 0.969 bits per heavy atom. The molecule has 0 radical (unpaired) electrons. The molecule has 3 aromatic rings. The summed E-state index contributed by atoms with van der Waals surface area (Å²) in [5, 5.41) is 23.4. The third-order valence-corrected chi connectivity index (χ3v) is 4.89. The van der Waals surface area contributed by atoms with Crippen molar-refractivity contribution in [2.24, 2.45) is 5.10 Å². The molecular formula is C22H16Cl2N2O6. The average molecular weight is 475 g/mol. The van der Waals surface area contributed by atoms with Crippen LogP contribution in [0, 0.1) is 0 Å². The minimum atomic E-state index is -0.669. The molecule has 164 valence electrons. The molecule has 0 aromatic heterocycles. The zero-order chi connectivity index (χ0) is 23.3. The lowest BCUT2D eigenvalue weighted by molar-refractivity contribution is 0.0729. The predicted molar refractivity (Wildman–Crippen MR) is 119 cm³/mol. The van der Waals surface area contributed by atoms with Gasteiger partial charge < -0.3 is 19.7 Å². The monoisotopic (exact) mass is 474 g/mol. The van der Waals surface area contributed by atoms with E-state index in [1.165, 1.54) is 49.7 Å². The zero-order valence-electron chi connectivity index (χ0n) is 16.5. The van der Waals surface area contributed by atoms with E-state index < -0.39 is 11.9 Å². The Morgan fingerprint density at radius 2 is 1.75 bits per heavy atom. The van der Waals surface area contributed by atoms with E-state index in [9.17, 15) is 19.8 Å². The lowest BCUT2D eigenvalue weighted by Gasteiger charge is -2.10. The number of phenolic OH excluding ortho intramolecular Hbond substituents is 2. The summed E-state index contributed by atoms with van der Waals surface area (Å²) >= 11 is 11.8. The standard InChI is InChI=1S/C22H16Cl2N2O6/c1-31-20-8-12(11-25-26-21(29)15-5-4-14(27)10-18(15)28)2-7-19(20)32-22(30)13-3-6-16(23)17(24)9-13/h2-11,27-28H,1H3,(H,26,29). The topological polar surface area (TPSA) is 117 Å². The van der Waals surface area contributed by atoms with Crippen molar-refractivity contribution in [1.29, 1.82) is 0 Å². The number of halogens is 2. The van der Waals surface area contributed by atoms with Gasteiger partial charge in [0, 0.05) is 6.07 Å². The smallest absolute Gasteiger partial charge is 0.343 e. The summed E-state index contributed by atoms with van der Waals surface area (Å²) in [7, 11) is 1.40. The van der Waals surface area contributed by atoms with Gasteiger partial charge in [0.1, 0.15) is 11.5 Å². The second-order valence-electron chi connectivity index (χ2n) is 6.33. The van der Waals surface area contributed by atoms with Crippen molar-refractivity contribution in [2.75, 3.05) is 7.11 Å². The Bertz CT molecular complexity index is 1210. The molecule has 3 rings (SSSR count). The van der Waals surface area contributed by atoms with Crippen LogP contribution in [-0.2, 0) is 0 Å². The number of hydrogen-bond acceptors (Lipinski definition) is 7. The van der Waals surface area contributed by atoms with Gasteiger partial charge in [0.15, 0.2) is 11.5 Å². The quantitative estimate of drug-likeness (QED) is 0.211. The van der Waals surface area contributed by atoms with E-state index in [-0.39, 0.29) is 39.1 Å². The summed E-state index contributed by atoms with van der Waals surface area (Å²) in [4.78, 5) is 24.5. The Labute approximate surface area is 192 Å². The van der Waals surface area contributed by atoms with Crippen molar-refractivity contribution >= 4 is 41.3 Å². The first-order chi connectivity index (χ1) is 15.3. The van der Waals surface area contributed by atoms with E-state index in [2.05, 4.69) is 10.5 Å². The van der Waals surface area contributed by atoms with Gasteiger partial charge in [-0.1, -0.05) is 23.2 Å². The Balaban J connectivity index is 1.69. The van der Waals surface area contributed by atoms with E-state index in [1.807, 2.05) is 0 Å². The molecule has 0 unspecified atom stereocenters. The van der Waals surface area contributed by atoms with Crippen molar-refractivity contribution in [3.8, 4) is 23.0 Å². The molecule has 32 heavy (non-hydrogen) atoms. The number of carbonyl (C=O) groups excluding carboxylic acids is 2. The summed E-state index contributed by atoms with van der Waals surface area (Å²) in [6.45, 7) is 0. The zero-order valence-corrected chi connectivity index (χ0v) is 18.0. The fourth-order valence-electron chi connectivity index (χ4n) is 2.57. The van der Waals surface area contributed by atoms with Crippen LogP contribution < -0.4 is 14.9 Å². The third-order valence-electron chi connectivity index (χ3n) is 4.15. The molecule has 8 nitrogen and oxygen atoms in total. The van der Waals surface area contributed by atoms with Crippen molar-refractivity contribution in [1.82, 2.24) is 5.43 Å². The molecule has 0 heterocycles. The van der Waals surface area contributed by atoms with E-state index in [0.717, 1.165) is 6.07 Å². The fraction of sp³-hybridized carbons (Fsp3) is 0.0455. The summed E-state index contributed by atoms with van der Waals surface area (Å²) in [6, 6.07) is 12.6. The van der Waals surface area contributed by atoms with Crippen molar-refractivity contribution in [2.45, 2.75) is 0 Å². The molecule has 3 aromatic carbocycles. The van der Waals surface area contributed by atoms with Crippen LogP contribution in [0.4, 0.5) is 0 Å². The van der Waals surface area contributed by atoms with Gasteiger partial charge in [0.2, 0.25) is 0 Å². The number of nitrogens with one attached hydrogen (secondary N) is 1. The highest BCUT2D eigenvalue weighted by Crippen LogP contribution is 2.29. The van der Waals surface area contributed by atoms with Crippen LogP contribution in [0.25, 0.3) is 0 Å². The highest BCUT2D eigenvalue weighted by Gasteiger charge is 2.14. The highest BCUT2D eigenvalue weighted by atomic mass is 35.5. The van der Waals surface area contributed by atoms with Gasteiger partial charge >= 0.3 is 5.97 Å². The van der Waals surface area contributed by atoms with Crippen molar-refractivity contribution in [3.05, 3.63) is 81.3 Å². The number of esters is 1. The number of nitrogens with zero attached hydrogens (tertiary/aromatic N) is 1. The van der Waals surface area contributed by atoms with Crippen LogP contribution in [0.2, 0.25) is 10.0 Å². The SMILES string of the molecule is COc1cc(C=NNC(=O)c2ccc(O)cc2O)ccc1OC(=O)c1ccc(Cl)c(Cl)c1. The number of hydrogen-bond donors (Lipinski definition) is 3. The van der Waals surface area contributed by atoms with E-state index in [1.54, 1.807) is 12.1 Å². The first-order valence-electron chi connectivity index (χ1n) is 8.99. The van der Waals surface area contributed by atoms with Crippen LogP contribution in [-0.4, -0.2) is 35.4 Å². The molecule has 0 fully saturated rings. The maximum atomic E-state index is 12.4. The number of phenols is 2. The predicted octanol–water partition coefficient (Wildman–Crippen LogP) is 4.40. The second kappa shape index (κ2) is 10.0. The Morgan fingerprint density at radius 3 is 2.44 bits per heavy atom. The number of benzene rings is 3. The molecule has 0 saturated heterocycles. The van der Waals surface area contributed by atoms with Gasteiger partial charge in [-0.3, -0.25) is 4.79 Å². The number of rotatable bonds is 6. The summed E-state index contributed by atoms with van der Waals surface area (Å²) in [6.07, 6.45) is 1.34. The Kier molecular flexibility index (Phi) is 7.19. The first kappa shape index (κ1) is 22.9. The van der Waals surface area contributed by atoms with Gasteiger partial charge in [-0.2, -0.15) is 5.10 Å². The molecule has 0 aliphatic heterocycles. The molecule has 0 saturated carbocycles. The molecule has 0 aliphatic rings. The van der Waals surface area contributed by atoms with Gasteiger partial charge in [-0.15, -0.1) is 0 Å². The number of aromatic hydroxyl groups is 2. The van der Waals surface area contributed by atoms with Crippen molar-refractivity contribution in [3.63, 3.8) is 0 Å². The summed E-state index contributed by atoms with van der Waals surface area (Å²) < 4.78 is 10.6. The summed E-state index contributed by atoms with van der Waals surface area (Å²) in [5.74, 6) is -1.45. The van der Waals surface area contributed by atoms with Gasteiger partial charge in [0.05, 0.1) is 34.5 Å². The molecule has 0 aliphatic carbocycles. The minimum absolute atomic E-state index is 0.0536. The van der Waals surface area contributed by atoms with Crippen LogP contribution >= 0.6 is 23.2 Å². The van der Waals surface area contributed by atoms with Gasteiger partial charge in [-0.25, -0.2) is 10.2 Å². The number of carbonyl (C=O) groups is 2. The molecular weight excluding hydrogens is 459 g/mol. The molecule has 0 spiro atoms. The van der Waals surface area contributed by atoms with Crippen LogP contribution in [0.3, 0.4) is 0 Å². The molecule has 3 N–H and O–H groups in total. The number of methoxy groups -OCH3 is 1. The minimum Gasteiger partial charge on any atom is -0.508 e. The third kappa shape index (κ3) is 5.48. The van der Waals surface area contributed by atoms with Gasteiger partial charge in [-0.05, 0) is 54.1 Å². The van der Waals surface area contributed by atoms with E-state index in [0.29, 0.717) is 10.6 Å². The number of amides is 1. The normalized spacial score (nSPS) is 10.7. The highest BCUT2D eigenvalue weighted by molar-refractivity contribution is 6.42. The number of ether oxygens (including phenoxy) is 2. The molecule has 0 atom stereocenters. The molecule has 10 heteroatoms. The molecule has 0 bridgehead atoms. The van der Waals surface area contributed by atoms with E-state index in [4.69, 9.17) is 32.7 Å². The molecule has 1 amide bonds. The Hall–Kier alpha value is -3.75. The van der Waals surface area contributed by atoms with Crippen LogP contribution in [0.5, 0.6) is 23.0 Å². The van der Waals surface area contributed by atoms with Crippen LogP contribution in [0.15, 0.2) is 59.7 Å². The van der Waals surface area contributed by atoms with E-state index >= 15 is 0 Å². The lowest BCUT2D eigenvalue weighted by Crippen LogP contribution is -2.17. The first-order valence-corrected chi connectivity index (χ1v) is 9.74. The number of hydrazone groups is 1. The maximum absolute atomic E-state index is 12.4. The second-order valence-corrected chi connectivity index (χ2v) is 7.14. The maximum Gasteiger partial charge on any atom is 0.343 e. The summed E-state index contributed by atoms with van der Waals surface area (Å²) in [5.41, 5.74) is 2.96. The largest absolute Gasteiger partial charge is 0.508 e. The van der Waals surface area contributed by atoms with Crippen LogP contribution in [0.1, 0.15) is 26.3 Å². The average Bonchev–Trinajstić information content (AvgIpc) is 2.76.